The lowest BCUT2D eigenvalue weighted by Crippen LogP contribution is -2.10. The number of carbonyl (C=O) groups is 1. The molecule has 0 unspecified atom stereocenters. The average Bonchev–Trinajstić information content (AvgIpc) is 2.88. The van der Waals surface area contributed by atoms with Crippen molar-refractivity contribution in [1.82, 2.24) is 0 Å². The highest BCUT2D eigenvalue weighted by molar-refractivity contribution is 5.69. The van der Waals surface area contributed by atoms with Gasteiger partial charge in [0.1, 0.15) is 6.61 Å². The van der Waals surface area contributed by atoms with Gasteiger partial charge in [-0.1, -0.05) is 168 Å². The standard InChI is InChI=1S/C33H66O3/c1-3-5-7-9-11-13-15-17-19-21-23-25-27-29-33(34)36-32-31-35-30-28-26-24-22-20-18-16-14-12-10-8-6-4-2/h3-32H2,1-2H3. The Bertz CT molecular complexity index is 410. The first-order valence-electron chi connectivity index (χ1n) is 16.5. The molecule has 0 radical (unpaired) electrons. The predicted octanol–water partition coefficient (Wildman–Crippen LogP) is 11.1. The number of unbranched alkanes of at least 4 members (excludes halogenated alkanes) is 24. The molecule has 0 N–H and O–H groups in total. The molecule has 0 spiro atoms. The molecule has 0 aromatic rings. The van der Waals surface area contributed by atoms with Crippen LogP contribution in [0.4, 0.5) is 0 Å². The number of carbonyl (C=O) groups excluding carboxylic acids is 1. The van der Waals surface area contributed by atoms with Crippen molar-refractivity contribution >= 4 is 5.97 Å². The third kappa shape index (κ3) is 31.5. The van der Waals surface area contributed by atoms with Crippen molar-refractivity contribution in [3.8, 4) is 0 Å². The molecule has 0 aliphatic rings. The van der Waals surface area contributed by atoms with E-state index in [4.69, 9.17) is 9.47 Å². The fourth-order valence-electron chi connectivity index (χ4n) is 4.90. The van der Waals surface area contributed by atoms with Crippen molar-refractivity contribution in [2.75, 3.05) is 19.8 Å². The van der Waals surface area contributed by atoms with Gasteiger partial charge < -0.3 is 9.47 Å². The van der Waals surface area contributed by atoms with Gasteiger partial charge in [0.2, 0.25) is 0 Å². The maximum Gasteiger partial charge on any atom is 0.305 e. The van der Waals surface area contributed by atoms with Crippen LogP contribution in [0, 0.1) is 0 Å². The maximum absolute atomic E-state index is 11.8. The van der Waals surface area contributed by atoms with Crippen LogP contribution in [0.5, 0.6) is 0 Å². The van der Waals surface area contributed by atoms with Crippen molar-refractivity contribution in [3.63, 3.8) is 0 Å². The zero-order chi connectivity index (χ0) is 26.2. The minimum absolute atomic E-state index is 0.0531. The van der Waals surface area contributed by atoms with E-state index < -0.39 is 0 Å². The molecule has 216 valence electrons. The van der Waals surface area contributed by atoms with Crippen LogP contribution in [0.25, 0.3) is 0 Å². The van der Waals surface area contributed by atoms with E-state index >= 15 is 0 Å². The van der Waals surface area contributed by atoms with Crippen molar-refractivity contribution in [3.05, 3.63) is 0 Å². The predicted molar refractivity (Wildman–Crippen MR) is 158 cm³/mol. The summed E-state index contributed by atoms with van der Waals surface area (Å²) < 4.78 is 10.9. The molecule has 36 heavy (non-hydrogen) atoms. The van der Waals surface area contributed by atoms with Gasteiger partial charge in [0.25, 0.3) is 0 Å². The maximum atomic E-state index is 11.8. The zero-order valence-electron chi connectivity index (χ0n) is 24.9. The normalized spacial score (nSPS) is 11.3. The van der Waals surface area contributed by atoms with Crippen molar-refractivity contribution < 1.29 is 14.3 Å². The topological polar surface area (TPSA) is 35.5 Å². The first-order chi connectivity index (χ1) is 17.8. The molecule has 3 heteroatoms. The molecule has 0 saturated heterocycles. The molecular formula is C33H66O3. The second-order valence-corrected chi connectivity index (χ2v) is 11.1. The smallest absolute Gasteiger partial charge is 0.305 e. The van der Waals surface area contributed by atoms with Gasteiger partial charge in [0.15, 0.2) is 0 Å². The van der Waals surface area contributed by atoms with Crippen molar-refractivity contribution in [2.45, 2.75) is 187 Å². The molecule has 0 rings (SSSR count). The molecular weight excluding hydrogens is 444 g/mol. The Morgan fingerprint density at radius 3 is 1.11 bits per heavy atom. The monoisotopic (exact) mass is 511 g/mol. The van der Waals surface area contributed by atoms with Gasteiger partial charge in [-0.05, 0) is 12.8 Å². The number of ether oxygens (including phenoxy) is 2. The number of hydrogen-bond donors (Lipinski definition) is 0. The van der Waals surface area contributed by atoms with E-state index in [0.717, 1.165) is 25.9 Å². The highest BCUT2D eigenvalue weighted by Gasteiger charge is 2.03. The molecule has 0 aromatic heterocycles. The van der Waals surface area contributed by atoms with E-state index in [1.54, 1.807) is 0 Å². The summed E-state index contributed by atoms with van der Waals surface area (Å²) in [5, 5.41) is 0. The molecule has 0 saturated carbocycles. The lowest BCUT2D eigenvalue weighted by Gasteiger charge is -2.07. The van der Waals surface area contributed by atoms with Crippen LogP contribution in [0.1, 0.15) is 187 Å². The van der Waals surface area contributed by atoms with Crippen LogP contribution in [-0.4, -0.2) is 25.8 Å². The van der Waals surface area contributed by atoms with Gasteiger partial charge in [-0.25, -0.2) is 0 Å². The quantitative estimate of drug-likeness (QED) is 0.0687. The van der Waals surface area contributed by atoms with Crippen LogP contribution < -0.4 is 0 Å². The Hall–Kier alpha value is -0.570. The Morgan fingerprint density at radius 2 is 0.722 bits per heavy atom. The lowest BCUT2D eigenvalue weighted by atomic mass is 10.0. The van der Waals surface area contributed by atoms with E-state index in [-0.39, 0.29) is 5.97 Å². The summed E-state index contributed by atoms with van der Waals surface area (Å²) in [4.78, 5) is 11.8. The molecule has 0 bridgehead atoms. The molecule has 3 nitrogen and oxygen atoms in total. The Morgan fingerprint density at radius 1 is 0.389 bits per heavy atom. The fraction of sp³-hybridized carbons (Fsp3) is 0.970. The van der Waals surface area contributed by atoms with Crippen LogP contribution in [-0.2, 0) is 14.3 Å². The van der Waals surface area contributed by atoms with Crippen LogP contribution in [0.3, 0.4) is 0 Å². The summed E-state index contributed by atoms with van der Waals surface area (Å²) in [7, 11) is 0. The minimum Gasteiger partial charge on any atom is -0.463 e. The second kappa shape index (κ2) is 32.5. The summed E-state index contributed by atoms with van der Waals surface area (Å²) in [6, 6.07) is 0. The van der Waals surface area contributed by atoms with E-state index in [0.29, 0.717) is 19.6 Å². The molecule has 0 fully saturated rings. The molecule has 0 aliphatic heterocycles. The van der Waals surface area contributed by atoms with Crippen LogP contribution in [0.2, 0.25) is 0 Å². The summed E-state index contributed by atoms with van der Waals surface area (Å²) in [6.45, 7) is 6.32. The van der Waals surface area contributed by atoms with E-state index in [1.807, 2.05) is 0 Å². The van der Waals surface area contributed by atoms with Crippen LogP contribution >= 0.6 is 0 Å². The summed E-state index contributed by atoms with van der Waals surface area (Å²) in [5.74, 6) is -0.0531. The number of rotatable bonds is 31. The van der Waals surface area contributed by atoms with E-state index in [9.17, 15) is 4.79 Å². The van der Waals surface area contributed by atoms with E-state index in [2.05, 4.69) is 13.8 Å². The molecule has 0 aliphatic carbocycles. The fourth-order valence-corrected chi connectivity index (χ4v) is 4.90. The third-order valence-corrected chi connectivity index (χ3v) is 7.37. The first-order valence-corrected chi connectivity index (χ1v) is 16.5. The first kappa shape index (κ1) is 35.4. The SMILES string of the molecule is CCCCCCCCCCCCCCCOCCOC(=O)CCCCCCCCCCCCCCC. The highest BCUT2D eigenvalue weighted by atomic mass is 16.6. The highest BCUT2D eigenvalue weighted by Crippen LogP contribution is 2.14. The van der Waals surface area contributed by atoms with Crippen molar-refractivity contribution in [2.24, 2.45) is 0 Å². The molecule has 0 heterocycles. The van der Waals surface area contributed by atoms with Gasteiger partial charge >= 0.3 is 5.97 Å². The lowest BCUT2D eigenvalue weighted by molar-refractivity contribution is -0.145. The van der Waals surface area contributed by atoms with Gasteiger partial charge in [-0.3, -0.25) is 4.79 Å². The minimum atomic E-state index is -0.0531. The third-order valence-electron chi connectivity index (χ3n) is 7.37. The average molecular weight is 511 g/mol. The van der Waals surface area contributed by atoms with Gasteiger partial charge in [-0.2, -0.15) is 0 Å². The van der Waals surface area contributed by atoms with Crippen molar-refractivity contribution in [1.29, 1.82) is 0 Å². The Kier molecular flexibility index (Phi) is 31.9. The Labute approximate surface area is 227 Å². The van der Waals surface area contributed by atoms with Crippen LogP contribution in [0.15, 0.2) is 0 Å². The van der Waals surface area contributed by atoms with Gasteiger partial charge in [-0.15, -0.1) is 0 Å². The zero-order valence-corrected chi connectivity index (χ0v) is 24.9. The summed E-state index contributed by atoms with van der Waals surface area (Å²) in [5.41, 5.74) is 0. The molecule has 0 amide bonds. The Balaban J connectivity index is 3.13. The van der Waals surface area contributed by atoms with Gasteiger partial charge in [0, 0.05) is 13.0 Å². The number of hydrogen-bond acceptors (Lipinski definition) is 3. The molecule has 0 atom stereocenters. The summed E-state index contributed by atoms with van der Waals surface area (Å²) >= 11 is 0. The summed E-state index contributed by atoms with van der Waals surface area (Å²) in [6.07, 6.45) is 35.6. The van der Waals surface area contributed by atoms with Gasteiger partial charge in [0.05, 0.1) is 6.61 Å². The second-order valence-electron chi connectivity index (χ2n) is 11.1. The number of esters is 1. The largest absolute Gasteiger partial charge is 0.463 e. The molecule has 0 aromatic carbocycles. The van der Waals surface area contributed by atoms with E-state index in [1.165, 1.54) is 148 Å².